The first kappa shape index (κ1) is 24.4. The van der Waals surface area contributed by atoms with E-state index in [1.54, 1.807) is 0 Å². The number of carbonyl (C=O) groups excluding carboxylic acids is 1. The Morgan fingerprint density at radius 3 is 1.80 bits per heavy atom. The third-order valence-electron chi connectivity index (χ3n) is 5.13. The van der Waals surface area contributed by atoms with E-state index in [2.05, 4.69) is 13.8 Å². The highest BCUT2D eigenvalue weighted by Crippen LogP contribution is 2.40. The van der Waals surface area contributed by atoms with Crippen LogP contribution < -0.4 is 5.14 Å². The first-order chi connectivity index (χ1) is 11.8. The first-order valence-electron chi connectivity index (χ1n) is 9.86. The maximum Gasteiger partial charge on any atom is 0.305 e. The molecule has 25 heavy (non-hydrogen) atoms. The molecule has 0 spiro atoms. The van der Waals surface area contributed by atoms with Crippen molar-refractivity contribution >= 4 is 16.0 Å². The van der Waals surface area contributed by atoms with Gasteiger partial charge in [-0.25, -0.2) is 13.6 Å². The van der Waals surface area contributed by atoms with Crippen LogP contribution in [0.3, 0.4) is 0 Å². The van der Waals surface area contributed by atoms with E-state index < -0.39 is 10.0 Å². The lowest BCUT2D eigenvalue weighted by atomic mass is 9.72. The van der Waals surface area contributed by atoms with Gasteiger partial charge in [0.2, 0.25) is 10.0 Å². The van der Waals surface area contributed by atoms with Gasteiger partial charge in [0.15, 0.2) is 0 Å². The lowest BCUT2D eigenvalue weighted by Crippen LogP contribution is -2.28. The van der Waals surface area contributed by atoms with Crippen LogP contribution in [-0.2, 0) is 19.6 Å². The Balaban J connectivity index is 5.01. The van der Waals surface area contributed by atoms with Crippen molar-refractivity contribution in [2.24, 2.45) is 10.6 Å². The van der Waals surface area contributed by atoms with Crippen LogP contribution in [0.2, 0.25) is 0 Å². The van der Waals surface area contributed by atoms with E-state index in [0.717, 1.165) is 38.5 Å². The van der Waals surface area contributed by atoms with E-state index in [1.165, 1.54) is 32.8 Å². The Hall–Kier alpha value is -0.620. The van der Waals surface area contributed by atoms with E-state index >= 15 is 0 Å². The van der Waals surface area contributed by atoms with E-state index in [-0.39, 0.29) is 17.1 Å². The molecular weight excluding hydrogens is 338 g/mol. The summed E-state index contributed by atoms with van der Waals surface area (Å²) >= 11 is 0. The van der Waals surface area contributed by atoms with Gasteiger partial charge >= 0.3 is 5.97 Å². The van der Waals surface area contributed by atoms with Crippen LogP contribution in [0.25, 0.3) is 0 Å². The van der Waals surface area contributed by atoms with Crippen LogP contribution in [0.1, 0.15) is 97.3 Å². The van der Waals surface area contributed by atoms with Gasteiger partial charge in [0.25, 0.3) is 0 Å². The molecule has 6 heteroatoms. The zero-order chi connectivity index (χ0) is 19.2. The fourth-order valence-electron chi connectivity index (χ4n) is 3.43. The molecule has 0 rings (SSSR count). The van der Waals surface area contributed by atoms with Crippen LogP contribution in [0.15, 0.2) is 0 Å². The van der Waals surface area contributed by atoms with Gasteiger partial charge in [0.05, 0.1) is 12.9 Å². The second-order valence-electron chi connectivity index (χ2n) is 7.31. The largest absolute Gasteiger partial charge is 0.469 e. The number of primary sulfonamides is 1. The summed E-state index contributed by atoms with van der Waals surface area (Å²) in [6.07, 6.45) is 12.7. The molecule has 0 aliphatic heterocycles. The van der Waals surface area contributed by atoms with Gasteiger partial charge in [0, 0.05) is 6.42 Å². The average molecular weight is 378 g/mol. The molecule has 0 amide bonds. The van der Waals surface area contributed by atoms with Crippen LogP contribution in [0, 0.1) is 5.41 Å². The fourth-order valence-corrected chi connectivity index (χ4v) is 4.15. The minimum Gasteiger partial charge on any atom is -0.469 e. The monoisotopic (exact) mass is 377 g/mol. The molecule has 0 saturated heterocycles. The Kier molecular flexibility index (Phi) is 13.2. The van der Waals surface area contributed by atoms with Gasteiger partial charge in [-0.05, 0) is 31.1 Å². The normalized spacial score (nSPS) is 12.3. The highest BCUT2D eigenvalue weighted by Gasteiger charge is 2.31. The Morgan fingerprint density at radius 1 is 0.880 bits per heavy atom. The first-order valence-corrected chi connectivity index (χ1v) is 11.6. The standard InChI is InChI=1S/C19H39NO4S/c1-4-6-8-10-13-19(14-11-9-7-5-2,15-12-18(21)24-3)16-17-25(20,22)23/h4-17H2,1-3H3,(H2,20,22,23). The van der Waals surface area contributed by atoms with E-state index in [0.29, 0.717) is 19.3 Å². The number of methoxy groups -OCH3 is 1. The fraction of sp³-hybridized carbons (Fsp3) is 0.947. The SMILES string of the molecule is CCCCCCC(CCCCCC)(CCC(=O)OC)CCS(N)(=O)=O. The second kappa shape index (κ2) is 13.6. The van der Waals surface area contributed by atoms with Crippen molar-refractivity contribution in [2.45, 2.75) is 97.3 Å². The molecule has 5 nitrogen and oxygen atoms in total. The molecule has 0 fully saturated rings. The number of carbonyl (C=O) groups is 1. The van der Waals surface area contributed by atoms with Crippen LogP contribution in [0.4, 0.5) is 0 Å². The molecule has 0 heterocycles. The number of hydrogen-bond donors (Lipinski definition) is 1. The number of unbranched alkanes of at least 4 members (excludes halogenated alkanes) is 6. The Bertz CT molecular complexity index is 436. The topological polar surface area (TPSA) is 86.5 Å². The highest BCUT2D eigenvalue weighted by molar-refractivity contribution is 7.89. The number of hydrogen-bond acceptors (Lipinski definition) is 4. The van der Waals surface area contributed by atoms with Crippen LogP contribution in [0.5, 0.6) is 0 Å². The zero-order valence-electron chi connectivity index (χ0n) is 16.5. The van der Waals surface area contributed by atoms with Crippen molar-refractivity contribution in [3.63, 3.8) is 0 Å². The van der Waals surface area contributed by atoms with Crippen molar-refractivity contribution in [1.82, 2.24) is 0 Å². The summed E-state index contributed by atoms with van der Waals surface area (Å²) in [6, 6.07) is 0. The molecule has 0 aromatic rings. The maximum absolute atomic E-state index is 11.6. The summed E-state index contributed by atoms with van der Waals surface area (Å²) in [5.41, 5.74) is -0.123. The second-order valence-corrected chi connectivity index (χ2v) is 9.05. The predicted molar refractivity (Wildman–Crippen MR) is 104 cm³/mol. The maximum atomic E-state index is 11.6. The molecule has 0 bridgehead atoms. The van der Waals surface area contributed by atoms with Crippen LogP contribution in [-0.4, -0.2) is 27.2 Å². The van der Waals surface area contributed by atoms with Gasteiger partial charge in [-0.2, -0.15) is 0 Å². The summed E-state index contributed by atoms with van der Waals surface area (Å²) in [5.74, 6) is -0.225. The minimum atomic E-state index is -3.49. The molecule has 0 atom stereocenters. The number of nitrogens with two attached hydrogens (primary N) is 1. The number of ether oxygens (including phenoxy) is 1. The summed E-state index contributed by atoms with van der Waals surface area (Å²) in [6.45, 7) is 4.35. The van der Waals surface area contributed by atoms with Crippen LogP contribution >= 0.6 is 0 Å². The third-order valence-corrected chi connectivity index (χ3v) is 5.90. The van der Waals surface area contributed by atoms with Gasteiger partial charge in [-0.3, -0.25) is 4.79 Å². The van der Waals surface area contributed by atoms with E-state index in [9.17, 15) is 13.2 Å². The van der Waals surface area contributed by atoms with Gasteiger partial charge < -0.3 is 4.74 Å². The van der Waals surface area contributed by atoms with E-state index in [1.807, 2.05) is 0 Å². The third kappa shape index (κ3) is 13.3. The number of esters is 1. The molecule has 2 N–H and O–H groups in total. The lowest BCUT2D eigenvalue weighted by Gasteiger charge is -2.34. The quantitative estimate of drug-likeness (QED) is 0.316. The molecule has 0 aliphatic rings. The van der Waals surface area contributed by atoms with E-state index in [4.69, 9.17) is 9.88 Å². The summed E-state index contributed by atoms with van der Waals surface area (Å²) in [5, 5.41) is 5.26. The van der Waals surface area contributed by atoms with Crippen molar-refractivity contribution in [2.75, 3.05) is 12.9 Å². The smallest absolute Gasteiger partial charge is 0.305 e. The van der Waals surface area contributed by atoms with Gasteiger partial charge in [0.1, 0.15) is 0 Å². The molecule has 0 radical (unpaired) electrons. The Morgan fingerprint density at radius 2 is 1.40 bits per heavy atom. The molecule has 0 aliphatic carbocycles. The average Bonchev–Trinajstić information content (AvgIpc) is 2.57. The molecule has 0 saturated carbocycles. The van der Waals surface area contributed by atoms with Gasteiger partial charge in [-0.15, -0.1) is 0 Å². The minimum absolute atomic E-state index is 0.00424. The highest BCUT2D eigenvalue weighted by atomic mass is 32.2. The van der Waals surface area contributed by atoms with Crippen molar-refractivity contribution < 1.29 is 17.9 Å². The molecule has 0 unspecified atom stereocenters. The predicted octanol–water partition coefficient (Wildman–Crippen LogP) is 4.55. The van der Waals surface area contributed by atoms with Crippen molar-refractivity contribution in [3.8, 4) is 0 Å². The molecule has 0 aromatic carbocycles. The summed E-state index contributed by atoms with van der Waals surface area (Å²) in [4.78, 5) is 11.6. The summed E-state index contributed by atoms with van der Waals surface area (Å²) in [7, 11) is -2.09. The van der Waals surface area contributed by atoms with Gasteiger partial charge in [-0.1, -0.05) is 65.2 Å². The summed E-state index contributed by atoms with van der Waals surface area (Å²) < 4.78 is 27.8. The molecule has 150 valence electrons. The molecular formula is C19H39NO4S. The number of sulfonamides is 1. The number of rotatable bonds is 16. The zero-order valence-corrected chi connectivity index (χ0v) is 17.3. The van der Waals surface area contributed by atoms with Crippen molar-refractivity contribution in [3.05, 3.63) is 0 Å². The Labute approximate surface area is 155 Å². The van der Waals surface area contributed by atoms with Crippen molar-refractivity contribution in [1.29, 1.82) is 0 Å². The lowest BCUT2D eigenvalue weighted by molar-refractivity contribution is -0.141. The molecule has 0 aromatic heterocycles.